The van der Waals surface area contributed by atoms with E-state index < -0.39 is 12.1 Å². The molecule has 0 saturated heterocycles. The molecule has 3 rings (SSSR count). The summed E-state index contributed by atoms with van der Waals surface area (Å²) < 4.78 is 13.0. The fraction of sp³-hybridized carbons (Fsp3) is 0.391. The summed E-state index contributed by atoms with van der Waals surface area (Å²) in [5, 5.41) is 2.93. The van der Waals surface area contributed by atoms with E-state index in [0.29, 0.717) is 32.4 Å². The second-order valence-electron chi connectivity index (χ2n) is 7.52. The number of amides is 2. The molecule has 5 nitrogen and oxygen atoms in total. The van der Waals surface area contributed by atoms with Crippen molar-refractivity contribution in [3.8, 4) is 0 Å². The van der Waals surface area contributed by atoms with Gasteiger partial charge in [0.15, 0.2) is 0 Å². The van der Waals surface area contributed by atoms with Crippen LogP contribution in [-0.4, -0.2) is 35.3 Å². The number of fused-ring (bicyclic) bond motifs is 1. The van der Waals surface area contributed by atoms with Gasteiger partial charge in [-0.2, -0.15) is 0 Å². The lowest BCUT2D eigenvalue weighted by molar-refractivity contribution is -0.143. The summed E-state index contributed by atoms with van der Waals surface area (Å²) in [5.74, 6) is -0.644. The standard InChI is InChI=1S/C23H28FN3O2/c1-2-5-20(25)23(29)27-15-18-7-4-3-6-17(18)14-21(27)22(28)26-13-12-16-8-10-19(24)11-9-16/h3-4,6-11,20-21H,2,5,12-15,25H2,1H3,(H,26,28). The van der Waals surface area contributed by atoms with Crippen molar-refractivity contribution in [1.29, 1.82) is 0 Å². The van der Waals surface area contributed by atoms with Gasteiger partial charge >= 0.3 is 0 Å². The van der Waals surface area contributed by atoms with Crippen molar-refractivity contribution in [3.05, 3.63) is 71.0 Å². The van der Waals surface area contributed by atoms with Crippen LogP contribution in [0.3, 0.4) is 0 Å². The number of rotatable bonds is 7. The van der Waals surface area contributed by atoms with Crippen LogP contribution in [0.2, 0.25) is 0 Å². The molecule has 1 heterocycles. The summed E-state index contributed by atoms with van der Waals surface area (Å²) >= 11 is 0. The van der Waals surface area contributed by atoms with Crippen LogP contribution in [0, 0.1) is 5.82 Å². The van der Waals surface area contributed by atoms with E-state index in [1.54, 1.807) is 17.0 Å². The molecular formula is C23H28FN3O2. The Morgan fingerprint density at radius 1 is 1.17 bits per heavy atom. The molecule has 29 heavy (non-hydrogen) atoms. The normalized spacial score (nSPS) is 16.8. The first kappa shape index (κ1) is 21.0. The van der Waals surface area contributed by atoms with Crippen LogP contribution < -0.4 is 11.1 Å². The minimum Gasteiger partial charge on any atom is -0.354 e. The minimum atomic E-state index is -0.597. The lowest BCUT2D eigenvalue weighted by Gasteiger charge is -2.37. The molecule has 2 atom stereocenters. The number of carbonyl (C=O) groups is 2. The molecule has 2 amide bonds. The molecule has 0 fully saturated rings. The summed E-state index contributed by atoms with van der Waals surface area (Å²) in [5.41, 5.74) is 9.16. The zero-order valence-electron chi connectivity index (χ0n) is 16.7. The van der Waals surface area contributed by atoms with Gasteiger partial charge in [0.1, 0.15) is 11.9 Å². The molecule has 0 aromatic heterocycles. The maximum atomic E-state index is 13.0. The minimum absolute atomic E-state index is 0.181. The summed E-state index contributed by atoms with van der Waals surface area (Å²) in [7, 11) is 0. The average Bonchev–Trinajstić information content (AvgIpc) is 2.73. The van der Waals surface area contributed by atoms with Gasteiger partial charge in [-0.1, -0.05) is 49.7 Å². The fourth-order valence-electron chi connectivity index (χ4n) is 3.74. The van der Waals surface area contributed by atoms with Gasteiger partial charge in [0.2, 0.25) is 11.8 Å². The van der Waals surface area contributed by atoms with Crippen molar-refractivity contribution in [2.45, 2.75) is 51.2 Å². The monoisotopic (exact) mass is 397 g/mol. The molecule has 1 aliphatic heterocycles. The second kappa shape index (κ2) is 9.65. The number of hydrogen-bond acceptors (Lipinski definition) is 3. The lowest BCUT2D eigenvalue weighted by Crippen LogP contribution is -2.56. The van der Waals surface area contributed by atoms with Gasteiger partial charge < -0.3 is 16.0 Å². The quantitative estimate of drug-likeness (QED) is 0.754. The third-order valence-corrected chi connectivity index (χ3v) is 5.38. The molecule has 0 spiro atoms. The molecule has 2 unspecified atom stereocenters. The maximum absolute atomic E-state index is 13.0. The average molecular weight is 397 g/mol. The molecule has 0 radical (unpaired) electrons. The Morgan fingerprint density at radius 3 is 2.55 bits per heavy atom. The van der Waals surface area contributed by atoms with Crippen LogP contribution in [0.25, 0.3) is 0 Å². The highest BCUT2D eigenvalue weighted by Gasteiger charge is 2.36. The zero-order valence-corrected chi connectivity index (χ0v) is 16.7. The van der Waals surface area contributed by atoms with E-state index in [2.05, 4.69) is 5.32 Å². The van der Waals surface area contributed by atoms with Gasteiger partial charge in [0.25, 0.3) is 0 Å². The van der Waals surface area contributed by atoms with Crippen molar-refractivity contribution in [1.82, 2.24) is 10.2 Å². The highest BCUT2D eigenvalue weighted by Crippen LogP contribution is 2.24. The summed E-state index contributed by atoms with van der Waals surface area (Å²) in [6.07, 6.45) is 2.48. The molecular weight excluding hydrogens is 369 g/mol. The highest BCUT2D eigenvalue weighted by atomic mass is 19.1. The first-order valence-electron chi connectivity index (χ1n) is 10.1. The third kappa shape index (κ3) is 5.21. The van der Waals surface area contributed by atoms with E-state index in [4.69, 9.17) is 5.73 Å². The number of benzene rings is 2. The van der Waals surface area contributed by atoms with Crippen LogP contribution in [0.15, 0.2) is 48.5 Å². The molecule has 0 aliphatic carbocycles. The van der Waals surface area contributed by atoms with Crippen molar-refractivity contribution < 1.29 is 14.0 Å². The SMILES string of the molecule is CCCC(N)C(=O)N1Cc2ccccc2CC1C(=O)NCCc1ccc(F)cc1. The van der Waals surface area contributed by atoms with Gasteiger partial charge in [-0.25, -0.2) is 4.39 Å². The Bertz CT molecular complexity index is 853. The topological polar surface area (TPSA) is 75.4 Å². The Balaban J connectivity index is 1.69. The van der Waals surface area contributed by atoms with Gasteiger partial charge in [0.05, 0.1) is 6.04 Å². The second-order valence-corrected chi connectivity index (χ2v) is 7.52. The van der Waals surface area contributed by atoms with E-state index in [1.807, 2.05) is 31.2 Å². The predicted molar refractivity (Wildman–Crippen MR) is 110 cm³/mol. The van der Waals surface area contributed by atoms with Crippen molar-refractivity contribution in [2.75, 3.05) is 6.54 Å². The van der Waals surface area contributed by atoms with E-state index in [1.165, 1.54) is 12.1 Å². The lowest BCUT2D eigenvalue weighted by atomic mass is 9.92. The molecule has 3 N–H and O–H groups in total. The largest absolute Gasteiger partial charge is 0.354 e. The van der Waals surface area contributed by atoms with Crippen LogP contribution in [0.4, 0.5) is 4.39 Å². The number of halogens is 1. The van der Waals surface area contributed by atoms with Gasteiger partial charge in [-0.05, 0) is 41.7 Å². The van der Waals surface area contributed by atoms with Crippen LogP contribution in [-0.2, 0) is 29.0 Å². The molecule has 154 valence electrons. The summed E-state index contributed by atoms with van der Waals surface area (Å²) in [6.45, 7) is 2.80. The fourth-order valence-corrected chi connectivity index (χ4v) is 3.74. The molecule has 1 aliphatic rings. The van der Waals surface area contributed by atoms with E-state index >= 15 is 0 Å². The highest BCUT2D eigenvalue weighted by molar-refractivity contribution is 5.90. The smallest absolute Gasteiger partial charge is 0.243 e. The van der Waals surface area contributed by atoms with Gasteiger partial charge in [-0.3, -0.25) is 9.59 Å². The molecule has 6 heteroatoms. The van der Waals surface area contributed by atoms with Crippen LogP contribution in [0.1, 0.15) is 36.5 Å². The zero-order chi connectivity index (χ0) is 20.8. The van der Waals surface area contributed by atoms with Crippen LogP contribution in [0.5, 0.6) is 0 Å². The van der Waals surface area contributed by atoms with E-state index in [-0.39, 0.29) is 17.6 Å². The number of nitrogens with zero attached hydrogens (tertiary/aromatic N) is 1. The predicted octanol–water partition coefficient (Wildman–Crippen LogP) is 2.57. The van der Waals surface area contributed by atoms with Gasteiger partial charge in [0, 0.05) is 19.5 Å². The Hall–Kier alpha value is -2.73. The first-order valence-corrected chi connectivity index (χ1v) is 10.1. The molecule has 2 aromatic rings. The van der Waals surface area contributed by atoms with Crippen molar-refractivity contribution in [3.63, 3.8) is 0 Å². The van der Waals surface area contributed by atoms with Crippen molar-refractivity contribution in [2.24, 2.45) is 5.73 Å². The third-order valence-electron chi connectivity index (χ3n) is 5.38. The van der Waals surface area contributed by atoms with Crippen molar-refractivity contribution >= 4 is 11.8 Å². The van der Waals surface area contributed by atoms with Crippen LogP contribution >= 0.6 is 0 Å². The number of hydrogen-bond donors (Lipinski definition) is 2. The maximum Gasteiger partial charge on any atom is 0.243 e. The number of nitrogens with two attached hydrogens (primary N) is 1. The number of nitrogens with one attached hydrogen (secondary N) is 1. The Kier molecular flexibility index (Phi) is 6.99. The summed E-state index contributed by atoms with van der Waals surface area (Å²) in [4.78, 5) is 27.5. The molecule has 0 bridgehead atoms. The van der Waals surface area contributed by atoms with E-state index in [0.717, 1.165) is 23.1 Å². The van der Waals surface area contributed by atoms with Gasteiger partial charge in [-0.15, -0.1) is 0 Å². The summed E-state index contributed by atoms with van der Waals surface area (Å²) in [6, 6.07) is 12.9. The number of carbonyl (C=O) groups excluding carboxylic acids is 2. The molecule has 0 saturated carbocycles. The Labute approximate surface area is 171 Å². The first-order chi connectivity index (χ1) is 14.0. The Morgan fingerprint density at radius 2 is 1.86 bits per heavy atom. The molecule has 2 aromatic carbocycles. The van der Waals surface area contributed by atoms with E-state index in [9.17, 15) is 14.0 Å².